The summed E-state index contributed by atoms with van der Waals surface area (Å²) in [5.41, 5.74) is 1.24. The number of hydrogen-bond acceptors (Lipinski definition) is 4. The van der Waals surface area contributed by atoms with Crippen LogP contribution in [-0.2, 0) is 4.79 Å². The quantitative estimate of drug-likeness (QED) is 0.753. The molecule has 0 spiro atoms. The number of aromatic nitrogens is 2. The van der Waals surface area contributed by atoms with E-state index in [2.05, 4.69) is 15.3 Å². The third-order valence-electron chi connectivity index (χ3n) is 3.23. The largest absolute Gasteiger partial charge is 0.467 e. The maximum Gasteiger partial charge on any atom is 0.262 e. The molecular formula is C17H13Cl2N3O2. The summed E-state index contributed by atoms with van der Waals surface area (Å²) in [6, 6.07) is 12.3. The second kappa shape index (κ2) is 7.03. The van der Waals surface area contributed by atoms with Crippen LogP contribution in [0.25, 0.3) is 10.9 Å². The van der Waals surface area contributed by atoms with E-state index in [0.717, 1.165) is 10.9 Å². The summed E-state index contributed by atoms with van der Waals surface area (Å²) in [6.45, 7) is 1.58. The highest BCUT2D eigenvalue weighted by atomic mass is 35.5. The normalized spacial score (nSPS) is 10.6. The van der Waals surface area contributed by atoms with E-state index in [9.17, 15) is 4.79 Å². The van der Waals surface area contributed by atoms with Gasteiger partial charge in [-0.15, -0.1) is 0 Å². The molecule has 1 amide bonds. The molecule has 0 aliphatic carbocycles. The number of carbonyl (C=O) groups is 1. The Kier molecular flexibility index (Phi) is 4.83. The first-order chi connectivity index (χ1) is 11.5. The molecule has 24 heavy (non-hydrogen) atoms. The highest BCUT2D eigenvalue weighted by Gasteiger charge is 2.11. The second-order valence-electron chi connectivity index (χ2n) is 5.05. The Balaban J connectivity index is 1.73. The smallest absolute Gasteiger partial charge is 0.262 e. The van der Waals surface area contributed by atoms with Gasteiger partial charge in [0.15, 0.2) is 6.61 Å². The van der Waals surface area contributed by atoms with Gasteiger partial charge in [0, 0.05) is 5.02 Å². The molecule has 0 fully saturated rings. The highest BCUT2D eigenvalue weighted by Crippen LogP contribution is 2.25. The molecule has 122 valence electrons. The minimum Gasteiger partial charge on any atom is -0.467 e. The Morgan fingerprint density at radius 2 is 1.96 bits per heavy atom. The summed E-state index contributed by atoms with van der Waals surface area (Å²) in [6.07, 6.45) is 0. The summed E-state index contributed by atoms with van der Waals surface area (Å²) in [5.74, 6) is 0.597. The van der Waals surface area contributed by atoms with Gasteiger partial charge in [-0.25, -0.2) is 4.98 Å². The monoisotopic (exact) mass is 361 g/mol. The standard InChI is InChI=1S/C17H13Cl2N3O2/c1-10-20-14-5-3-2-4-12(14)17(21-10)24-9-16(23)22-15-7-6-11(18)8-13(15)19/h2-8H,9H2,1H3,(H,22,23). The zero-order valence-corrected chi connectivity index (χ0v) is 14.2. The van der Waals surface area contributed by atoms with Gasteiger partial charge in [0.05, 0.1) is 21.6 Å². The van der Waals surface area contributed by atoms with Crippen LogP contribution in [0, 0.1) is 6.92 Å². The minimum absolute atomic E-state index is 0.195. The van der Waals surface area contributed by atoms with Gasteiger partial charge in [-0.3, -0.25) is 4.79 Å². The fourth-order valence-corrected chi connectivity index (χ4v) is 2.64. The molecule has 0 aliphatic heterocycles. The number of carbonyl (C=O) groups excluding carboxylic acids is 1. The summed E-state index contributed by atoms with van der Waals surface area (Å²) in [4.78, 5) is 20.7. The molecule has 1 heterocycles. The van der Waals surface area contributed by atoms with Gasteiger partial charge in [-0.2, -0.15) is 4.98 Å². The van der Waals surface area contributed by atoms with Crippen molar-refractivity contribution in [1.29, 1.82) is 0 Å². The van der Waals surface area contributed by atoms with Crippen LogP contribution in [0.3, 0.4) is 0 Å². The summed E-state index contributed by atoms with van der Waals surface area (Å²) in [7, 11) is 0. The SMILES string of the molecule is Cc1nc(OCC(=O)Nc2ccc(Cl)cc2Cl)c2ccccc2n1. The molecule has 3 aromatic rings. The number of amides is 1. The molecule has 0 aliphatic rings. The lowest BCUT2D eigenvalue weighted by molar-refractivity contribution is -0.118. The van der Waals surface area contributed by atoms with Gasteiger partial charge >= 0.3 is 0 Å². The zero-order valence-electron chi connectivity index (χ0n) is 12.7. The summed E-state index contributed by atoms with van der Waals surface area (Å²) < 4.78 is 5.57. The zero-order chi connectivity index (χ0) is 17.1. The topological polar surface area (TPSA) is 64.1 Å². The van der Waals surface area contributed by atoms with Crippen molar-refractivity contribution in [3.8, 4) is 5.88 Å². The fourth-order valence-electron chi connectivity index (χ4n) is 2.18. The van der Waals surface area contributed by atoms with Gasteiger partial charge in [0.2, 0.25) is 5.88 Å². The number of anilines is 1. The number of fused-ring (bicyclic) bond motifs is 1. The maximum atomic E-state index is 12.1. The first kappa shape index (κ1) is 16.5. The van der Waals surface area contributed by atoms with Crippen molar-refractivity contribution >= 4 is 45.7 Å². The number of ether oxygens (including phenoxy) is 1. The van der Waals surface area contributed by atoms with Crippen LogP contribution in [0.15, 0.2) is 42.5 Å². The predicted molar refractivity (Wildman–Crippen MR) is 94.9 cm³/mol. The van der Waals surface area contributed by atoms with Crippen molar-refractivity contribution in [3.63, 3.8) is 0 Å². The molecule has 1 N–H and O–H groups in total. The lowest BCUT2D eigenvalue weighted by Gasteiger charge is -2.10. The average Bonchev–Trinajstić information content (AvgIpc) is 2.55. The first-order valence-electron chi connectivity index (χ1n) is 7.14. The van der Waals surface area contributed by atoms with Crippen LogP contribution in [0.5, 0.6) is 5.88 Å². The summed E-state index contributed by atoms with van der Waals surface area (Å²) in [5, 5.41) is 4.28. The number of nitrogens with zero attached hydrogens (tertiary/aromatic N) is 2. The van der Waals surface area contributed by atoms with Crippen LogP contribution in [-0.4, -0.2) is 22.5 Å². The molecule has 1 aromatic heterocycles. The Morgan fingerprint density at radius 3 is 2.75 bits per heavy atom. The Morgan fingerprint density at radius 1 is 1.17 bits per heavy atom. The lowest BCUT2D eigenvalue weighted by Crippen LogP contribution is -2.21. The number of para-hydroxylation sites is 1. The van der Waals surface area contributed by atoms with Crippen molar-refractivity contribution in [2.24, 2.45) is 0 Å². The fraction of sp³-hybridized carbons (Fsp3) is 0.118. The van der Waals surface area contributed by atoms with Crippen LogP contribution in [0.4, 0.5) is 5.69 Å². The van der Waals surface area contributed by atoms with E-state index in [-0.39, 0.29) is 12.5 Å². The lowest BCUT2D eigenvalue weighted by atomic mass is 10.2. The van der Waals surface area contributed by atoms with Gasteiger partial charge < -0.3 is 10.1 Å². The molecule has 7 heteroatoms. The molecule has 0 saturated carbocycles. The van der Waals surface area contributed by atoms with E-state index in [1.165, 1.54) is 0 Å². The van der Waals surface area contributed by atoms with E-state index < -0.39 is 0 Å². The number of nitrogens with one attached hydrogen (secondary N) is 1. The van der Waals surface area contributed by atoms with Crippen LogP contribution in [0.2, 0.25) is 10.0 Å². The van der Waals surface area contributed by atoms with Crippen LogP contribution in [0.1, 0.15) is 5.82 Å². The number of halogens is 2. The third kappa shape index (κ3) is 3.75. The van der Waals surface area contributed by atoms with Crippen LogP contribution < -0.4 is 10.1 Å². The van der Waals surface area contributed by atoms with E-state index >= 15 is 0 Å². The van der Waals surface area contributed by atoms with Crippen molar-refractivity contribution in [2.75, 3.05) is 11.9 Å². The van der Waals surface area contributed by atoms with Gasteiger partial charge in [0.25, 0.3) is 5.91 Å². The van der Waals surface area contributed by atoms with E-state index in [4.69, 9.17) is 27.9 Å². The van der Waals surface area contributed by atoms with Crippen molar-refractivity contribution < 1.29 is 9.53 Å². The second-order valence-corrected chi connectivity index (χ2v) is 5.90. The Labute approximate surface area is 148 Å². The number of benzene rings is 2. The molecule has 0 unspecified atom stereocenters. The summed E-state index contributed by atoms with van der Waals surface area (Å²) >= 11 is 11.9. The molecule has 2 aromatic carbocycles. The van der Waals surface area contributed by atoms with E-state index in [1.807, 2.05) is 24.3 Å². The van der Waals surface area contributed by atoms with Crippen molar-refractivity contribution in [1.82, 2.24) is 9.97 Å². The van der Waals surface area contributed by atoms with E-state index in [1.54, 1.807) is 25.1 Å². The number of aryl methyl sites for hydroxylation is 1. The Bertz CT molecular complexity index is 915. The maximum absolute atomic E-state index is 12.1. The number of hydrogen-bond donors (Lipinski definition) is 1. The average molecular weight is 362 g/mol. The van der Waals surface area contributed by atoms with E-state index in [0.29, 0.717) is 27.4 Å². The van der Waals surface area contributed by atoms with Crippen molar-refractivity contribution in [2.45, 2.75) is 6.92 Å². The molecule has 3 rings (SSSR count). The van der Waals surface area contributed by atoms with Gasteiger partial charge in [0.1, 0.15) is 5.82 Å². The first-order valence-corrected chi connectivity index (χ1v) is 7.89. The van der Waals surface area contributed by atoms with Gasteiger partial charge in [-0.05, 0) is 37.3 Å². The van der Waals surface area contributed by atoms with Crippen LogP contribution >= 0.6 is 23.2 Å². The third-order valence-corrected chi connectivity index (χ3v) is 3.77. The molecule has 0 atom stereocenters. The number of rotatable bonds is 4. The molecule has 0 saturated heterocycles. The van der Waals surface area contributed by atoms with Crippen molar-refractivity contribution in [3.05, 3.63) is 58.3 Å². The predicted octanol–water partition coefficient (Wildman–Crippen LogP) is 4.26. The molecular weight excluding hydrogens is 349 g/mol. The molecule has 5 nitrogen and oxygen atoms in total. The van der Waals surface area contributed by atoms with Gasteiger partial charge in [-0.1, -0.05) is 35.3 Å². The minimum atomic E-state index is -0.348. The highest BCUT2D eigenvalue weighted by molar-refractivity contribution is 6.36. The molecule has 0 bridgehead atoms. The Hall–Kier alpha value is -2.37. The molecule has 0 radical (unpaired) electrons.